The Labute approximate surface area is 178 Å². The van der Waals surface area contributed by atoms with Crippen LogP contribution in [0.25, 0.3) is 39.2 Å². The van der Waals surface area contributed by atoms with Gasteiger partial charge >= 0.3 is 0 Å². The van der Waals surface area contributed by atoms with E-state index in [4.69, 9.17) is 10.8 Å². The summed E-state index contributed by atoms with van der Waals surface area (Å²) in [5.41, 5.74) is 11.7. The van der Waals surface area contributed by atoms with Gasteiger partial charge in [0.1, 0.15) is 17.1 Å². The topological polar surface area (TPSA) is 96.4 Å². The van der Waals surface area contributed by atoms with Crippen molar-refractivity contribution in [3.8, 4) is 39.3 Å². The number of aryl methyl sites for hydroxylation is 1. The van der Waals surface area contributed by atoms with Gasteiger partial charge in [0, 0.05) is 11.3 Å². The lowest BCUT2D eigenvalue weighted by Crippen LogP contribution is -2.19. The molecule has 0 spiro atoms. The van der Waals surface area contributed by atoms with Crippen LogP contribution in [0.5, 0.6) is 5.75 Å². The Kier molecular flexibility index (Phi) is 4.33. The molecule has 3 aromatic carbocycles. The monoisotopic (exact) mass is 408 g/mol. The maximum absolute atomic E-state index is 13.6. The first kappa shape index (κ1) is 18.7. The molecule has 0 saturated heterocycles. The number of aromatic amines is 1. The van der Waals surface area contributed by atoms with Crippen molar-refractivity contribution in [1.29, 1.82) is 0 Å². The summed E-state index contributed by atoms with van der Waals surface area (Å²) in [5.74, 6) is -0.0178. The summed E-state index contributed by atoms with van der Waals surface area (Å²) >= 11 is 0. The summed E-state index contributed by atoms with van der Waals surface area (Å²) in [6.07, 6.45) is 0. The molecular weight excluding hydrogens is 388 g/mol. The third-order valence-electron chi connectivity index (χ3n) is 5.40. The van der Waals surface area contributed by atoms with Gasteiger partial charge in [-0.05, 0) is 30.2 Å². The highest BCUT2D eigenvalue weighted by Gasteiger charge is 2.21. The highest BCUT2D eigenvalue weighted by atomic mass is 16.3. The maximum Gasteiger partial charge on any atom is 0.282 e. The van der Waals surface area contributed by atoms with Crippen molar-refractivity contribution in [3.63, 3.8) is 0 Å². The zero-order chi connectivity index (χ0) is 21.5. The van der Waals surface area contributed by atoms with Crippen molar-refractivity contribution >= 4 is 11.3 Å². The second-order valence-electron chi connectivity index (χ2n) is 7.42. The van der Waals surface area contributed by atoms with E-state index in [9.17, 15) is 9.90 Å². The summed E-state index contributed by atoms with van der Waals surface area (Å²) in [6.45, 7) is 1.85. The zero-order valence-electron chi connectivity index (χ0n) is 16.8. The van der Waals surface area contributed by atoms with Crippen molar-refractivity contribution in [2.75, 3.05) is 5.73 Å². The number of nitrogens with one attached hydrogen (secondary N) is 1. The predicted molar refractivity (Wildman–Crippen MR) is 123 cm³/mol. The van der Waals surface area contributed by atoms with Crippen LogP contribution < -0.4 is 11.3 Å². The first-order valence-corrected chi connectivity index (χ1v) is 9.90. The van der Waals surface area contributed by atoms with E-state index in [1.165, 1.54) is 10.6 Å². The van der Waals surface area contributed by atoms with Crippen LogP contribution in [0.3, 0.4) is 0 Å². The minimum atomic E-state index is -0.254. The Bertz CT molecular complexity index is 1470. The summed E-state index contributed by atoms with van der Waals surface area (Å²) in [5, 5.41) is 14.5. The number of nitrogens with two attached hydrogens (primary N) is 1. The van der Waals surface area contributed by atoms with Crippen LogP contribution in [0.15, 0.2) is 83.7 Å². The van der Waals surface area contributed by atoms with E-state index in [1.54, 1.807) is 12.1 Å². The average molecular weight is 408 g/mol. The number of aromatic nitrogens is 3. The molecule has 4 N–H and O–H groups in total. The van der Waals surface area contributed by atoms with Gasteiger partial charge in [-0.2, -0.15) is 9.61 Å². The van der Waals surface area contributed by atoms with Crippen LogP contribution in [-0.4, -0.2) is 19.7 Å². The molecule has 2 aromatic heterocycles. The van der Waals surface area contributed by atoms with Crippen molar-refractivity contribution in [3.05, 3.63) is 94.9 Å². The molecule has 152 valence electrons. The van der Waals surface area contributed by atoms with E-state index in [2.05, 4.69) is 4.98 Å². The second-order valence-corrected chi connectivity index (χ2v) is 7.42. The van der Waals surface area contributed by atoms with Gasteiger partial charge in [-0.25, -0.2) is 0 Å². The molecule has 2 heterocycles. The third kappa shape index (κ3) is 3.05. The number of aromatic hydroxyl groups is 1. The number of hydrogen-bond acceptors (Lipinski definition) is 4. The lowest BCUT2D eigenvalue weighted by molar-refractivity contribution is 0.478. The van der Waals surface area contributed by atoms with Gasteiger partial charge in [0.05, 0.1) is 16.8 Å². The van der Waals surface area contributed by atoms with Crippen molar-refractivity contribution < 1.29 is 5.11 Å². The summed E-state index contributed by atoms with van der Waals surface area (Å²) < 4.78 is 1.41. The van der Waals surface area contributed by atoms with Crippen LogP contribution in [0.2, 0.25) is 0 Å². The molecule has 6 nitrogen and oxygen atoms in total. The standard InChI is InChI=1S/C25H20N4O2/c1-15-21(18-12-13-20(30)19(26)14-18)25(31)29-24(27-15)22(16-8-4-2-5-9-16)23(28-29)17-10-6-3-7-11-17/h2-14,27,30H,26H2,1H3. The Balaban J connectivity index is 1.86. The van der Waals surface area contributed by atoms with Crippen LogP contribution in [0.4, 0.5) is 5.69 Å². The maximum atomic E-state index is 13.6. The number of hydrogen-bond donors (Lipinski definition) is 3. The van der Waals surface area contributed by atoms with Gasteiger partial charge in [0.15, 0.2) is 0 Å². The number of H-pyrrole nitrogens is 1. The van der Waals surface area contributed by atoms with Gasteiger partial charge in [-0.15, -0.1) is 0 Å². The summed E-state index contributed by atoms with van der Waals surface area (Å²) in [7, 11) is 0. The molecule has 0 aliphatic carbocycles. The number of phenols is 1. The Morgan fingerprint density at radius 1 is 0.871 bits per heavy atom. The number of nitrogen functional groups attached to an aromatic ring is 1. The first-order valence-electron chi connectivity index (χ1n) is 9.90. The fraction of sp³-hybridized carbons (Fsp3) is 0.0400. The minimum Gasteiger partial charge on any atom is -0.506 e. The molecule has 0 amide bonds. The average Bonchev–Trinajstić information content (AvgIpc) is 3.17. The number of nitrogens with zero attached hydrogens (tertiary/aromatic N) is 2. The Hall–Kier alpha value is -4.32. The van der Waals surface area contributed by atoms with Crippen molar-refractivity contribution in [2.24, 2.45) is 0 Å². The second kappa shape index (κ2) is 7.18. The molecule has 6 heteroatoms. The van der Waals surface area contributed by atoms with Gasteiger partial charge in [-0.1, -0.05) is 66.7 Å². The Morgan fingerprint density at radius 2 is 1.52 bits per heavy atom. The lowest BCUT2D eigenvalue weighted by Gasteiger charge is -2.09. The molecule has 5 aromatic rings. The van der Waals surface area contributed by atoms with E-state index in [0.717, 1.165) is 22.4 Å². The van der Waals surface area contributed by atoms with Gasteiger partial charge in [0.25, 0.3) is 5.56 Å². The van der Waals surface area contributed by atoms with E-state index < -0.39 is 0 Å². The highest BCUT2D eigenvalue weighted by Crippen LogP contribution is 2.35. The fourth-order valence-electron chi connectivity index (χ4n) is 3.91. The lowest BCUT2D eigenvalue weighted by atomic mass is 10.0. The summed E-state index contributed by atoms with van der Waals surface area (Å²) in [4.78, 5) is 16.9. The van der Waals surface area contributed by atoms with E-state index in [0.29, 0.717) is 22.5 Å². The van der Waals surface area contributed by atoms with Crippen LogP contribution in [0, 0.1) is 6.92 Å². The molecule has 0 radical (unpaired) electrons. The molecule has 0 saturated carbocycles. The number of rotatable bonds is 3. The molecule has 31 heavy (non-hydrogen) atoms. The van der Waals surface area contributed by atoms with Crippen molar-refractivity contribution in [1.82, 2.24) is 14.6 Å². The molecule has 0 aliphatic rings. The van der Waals surface area contributed by atoms with E-state index in [-0.39, 0.29) is 17.0 Å². The SMILES string of the molecule is Cc1[nH]c2c(-c3ccccc3)c(-c3ccccc3)nn2c(=O)c1-c1ccc(O)c(N)c1. The van der Waals surface area contributed by atoms with Crippen LogP contribution in [0.1, 0.15) is 5.69 Å². The fourth-order valence-corrected chi connectivity index (χ4v) is 3.91. The number of phenolic OH excluding ortho intramolecular Hbond substituents is 1. The summed E-state index contributed by atoms with van der Waals surface area (Å²) in [6, 6.07) is 24.5. The minimum absolute atomic E-state index is 0.0178. The largest absolute Gasteiger partial charge is 0.506 e. The molecular formula is C25H20N4O2. The van der Waals surface area contributed by atoms with E-state index >= 15 is 0 Å². The molecule has 0 atom stereocenters. The van der Waals surface area contributed by atoms with Crippen LogP contribution in [-0.2, 0) is 0 Å². The molecule has 0 bridgehead atoms. The van der Waals surface area contributed by atoms with Gasteiger partial charge < -0.3 is 15.8 Å². The first-order chi connectivity index (χ1) is 15.0. The molecule has 0 unspecified atom stereocenters. The molecule has 0 fully saturated rings. The zero-order valence-corrected chi connectivity index (χ0v) is 16.8. The molecule has 0 aliphatic heterocycles. The molecule has 5 rings (SSSR count). The quantitative estimate of drug-likeness (QED) is 0.300. The van der Waals surface area contributed by atoms with Crippen LogP contribution >= 0.6 is 0 Å². The van der Waals surface area contributed by atoms with E-state index in [1.807, 2.05) is 67.6 Å². The number of benzene rings is 3. The van der Waals surface area contributed by atoms with Crippen molar-refractivity contribution in [2.45, 2.75) is 6.92 Å². The third-order valence-corrected chi connectivity index (χ3v) is 5.40. The number of anilines is 1. The number of fused-ring (bicyclic) bond motifs is 1. The normalized spacial score (nSPS) is 11.1. The van der Waals surface area contributed by atoms with Gasteiger partial charge in [-0.3, -0.25) is 4.79 Å². The highest BCUT2D eigenvalue weighted by molar-refractivity contribution is 5.91. The predicted octanol–water partition coefficient (Wildman–Crippen LogP) is 4.62. The Morgan fingerprint density at radius 3 is 2.16 bits per heavy atom. The van der Waals surface area contributed by atoms with Gasteiger partial charge in [0.2, 0.25) is 0 Å². The smallest absolute Gasteiger partial charge is 0.282 e.